The van der Waals surface area contributed by atoms with E-state index in [0.29, 0.717) is 19.4 Å². The molecular weight excluding hydrogens is 325 g/mol. The van der Waals surface area contributed by atoms with E-state index < -0.39 is 23.6 Å². The van der Waals surface area contributed by atoms with Crippen LogP contribution in [0.5, 0.6) is 0 Å². The molecule has 8 heteroatoms. The Morgan fingerprint density at radius 3 is 2.71 bits per heavy atom. The fourth-order valence-electron chi connectivity index (χ4n) is 3.75. The molecule has 1 aromatic heterocycles. The summed E-state index contributed by atoms with van der Waals surface area (Å²) >= 11 is 0. The normalized spacial score (nSPS) is 26.5. The lowest BCUT2D eigenvalue weighted by Crippen LogP contribution is -2.57. The van der Waals surface area contributed by atoms with E-state index >= 15 is 0 Å². The van der Waals surface area contributed by atoms with E-state index in [2.05, 4.69) is 4.98 Å². The second-order valence-electron chi connectivity index (χ2n) is 6.45. The van der Waals surface area contributed by atoms with Crippen molar-refractivity contribution in [1.82, 2.24) is 9.88 Å². The SMILES string of the molecule is O=C(O)[C@@H]1C[C@H]2CC[C@@H]1N(C(=O)Cc1cc(C(F)(F)F)ccn1)C2. The number of carboxylic acids is 1. The van der Waals surface area contributed by atoms with Crippen LogP contribution in [0.1, 0.15) is 30.5 Å². The summed E-state index contributed by atoms with van der Waals surface area (Å²) in [5, 5.41) is 9.30. The van der Waals surface area contributed by atoms with Crippen LogP contribution in [0, 0.1) is 11.8 Å². The number of piperidine rings is 2. The van der Waals surface area contributed by atoms with Crippen LogP contribution in [0.4, 0.5) is 13.2 Å². The Hall–Kier alpha value is -2.12. The van der Waals surface area contributed by atoms with E-state index in [1.165, 1.54) is 4.90 Å². The highest BCUT2D eigenvalue weighted by Gasteiger charge is 2.45. The predicted molar refractivity (Wildman–Crippen MR) is 76.9 cm³/mol. The Morgan fingerprint density at radius 1 is 1.33 bits per heavy atom. The van der Waals surface area contributed by atoms with Crippen LogP contribution in [-0.4, -0.2) is 39.5 Å². The summed E-state index contributed by atoms with van der Waals surface area (Å²) in [6, 6.07) is 1.36. The number of carbonyl (C=O) groups is 2. The summed E-state index contributed by atoms with van der Waals surface area (Å²) in [5.41, 5.74) is -0.799. The number of aromatic nitrogens is 1. The lowest BCUT2D eigenvalue weighted by atomic mass is 9.72. The number of amides is 1. The summed E-state index contributed by atoms with van der Waals surface area (Å²) in [6.45, 7) is 0.478. The number of hydrogen-bond donors (Lipinski definition) is 1. The van der Waals surface area contributed by atoms with Gasteiger partial charge in [0.05, 0.1) is 23.6 Å². The number of nitrogens with zero attached hydrogens (tertiary/aromatic N) is 2. The Morgan fingerprint density at radius 2 is 2.08 bits per heavy atom. The van der Waals surface area contributed by atoms with E-state index in [1.54, 1.807) is 0 Å². The molecule has 2 aliphatic heterocycles. The van der Waals surface area contributed by atoms with Crippen LogP contribution in [-0.2, 0) is 22.2 Å². The number of carboxylic acid groups (broad SMARTS) is 1. The molecule has 1 saturated carbocycles. The zero-order chi connectivity index (χ0) is 17.5. The third-order valence-corrected chi connectivity index (χ3v) is 4.89. The molecule has 3 atom stereocenters. The molecular formula is C16H17F3N2O3. The van der Waals surface area contributed by atoms with E-state index in [0.717, 1.165) is 24.8 Å². The van der Waals surface area contributed by atoms with Crippen LogP contribution >= 0.6 is 0 Å². The molecule has 3 heterocycles. The van der Waals surface area contributed by atoms with Crippen molar-refractivity contribution < 1.29 is 27.9 Å². The number of alkyl halides is 3. The number of hydrogen-bond acceptors (Lipinski definition) is 3. The molecule has 1 N–H and O–H groups in total. The zero-order valence-corrected chi connectivity index (χ0v) is 12.8. The molecule has 1 aromatic rings. The summed E-state index contributed by atoms with van der Waals surface area (Å²) < 4.78 is 38.2. The Kier molecular flexibility index (Phi) is 4.23. The quantitative estimate of drug-likeness (QED) is 0.915. The molecule has 0 spiro atoms. The van der Waals surface area contributed by atoms with Crippen LogP contribution < -0.4 is 0 Å². The molecule has 130 valence electrons. The number of fused-ring (bicyclic) bond motifs is 3. The molecule has 3 fully saturated rings. The number of carbonyl (C=O) groups excluding carboxylic acids is 1. The number of pyridine rings is 1. The maximum Gasteiger partial charge on any atom is 0.416 e. The molecule has 2 bridgehead atoms. The zero-order valence-electron chi connectivity index (χ0n) is 12.8. The summed E-state index contributed by atoms with van der Waals surface area (Å²) in [6.07, 6.45) is -1.62. The van der Waals surface area contributed by atoms with Gasteiger partial charge in [0, 0.05) is 18.8 Å². The topological polar surface area (TPSA) is 70.5 Å². The van der Waals surface area contributed by atoms with Crippen LogP contribution in [0.2, 0.25) is 0 Å². The van der Waals surface area contributed by atoms with Crippen molar-refractivity contribution in [2.24, 2.45) is 11.8 Å². The van der Waals surface area contributed by atoms with E-state index in [1.807, 2.05) is 0 Å². The first kappa shape index (κ1) is 16.7. The number of aliphatic carboxylic acids is 1. The Balaban J connectivity index is 1.75. The van der Waals surface area contributed by atoms with Gasteiger partial charge in [-0.15, -0.1) is 0 Å². The van der Waals surface area contributed by atoms with E-state index in [9.17, 15) is 27.9 Å². The average Bonchev–Trinajstić information content (AvgIpc) is 2.54. The van der Waals surface area contributed by atoms with Gasteiger partial charge >= 0.3 is 12.1 Å². The molecule has 1 amide bonds. The van der Waals surface area contributed by atoms with Crippen molar-refractivity contribution in [1.29, 1.82) is 0 Å². The highest BCUT2D eigenvalue weighted by Crippen LogP contribution is 2.39. The minimum Gasteiger partial charge on any atom is -0.481 e. The second-order valence-corrected chi connectivity index (χ2v) is 6.45. The molecule has 0 radical (unpaired) electrons. The fraction of sp³-hybridized carbons (Fsp3) is 0.562. The third kappa shape index (κ3) is 3.22. The molecule has 0 unspecified atom stereocenters. The number of halogens is 3. The maximum atomic E-state index is 12.7. The van der Waals surface area contributed by atoms with Crippen molar-refractivity contribution in [3.05, 3.63) is 29.6 Å². The smallest absolute Gasteiger partial charge is 0.416 e. The molecule has 5 nitrogen and oxygen atoms in total. The van der Waals surface area contributed by atoms with Crippen LogP contribution in [0.25, 0.3) is 0 Å². The lowest BCUT2D eigenvalue weighted by Gasteiger charge is -2.48. The highest BCUT2D eigenvalue weighted by molar-refractivity contribution is 5.80. The minimum absolute atomic E-state index is 0.0446. The molecule has 1 aliphatic carbocycles. The summed E-state index contributed by atoms with van der Waals surface area (Å²) in [5.74, 6) is -1.72. The van der Waals surface area contributed by atoms with Crippen molar-refractivity contribution in [2.45, 2.75) is 37.9 Å². The largest absolute Gasteiger partial charge is 0.481 e. The van der Waals surface area contributed by atoms with Crippen molar-refractivity contribution in [2.75, 3.05) is 6.54 Å². The van der Waals surface area contributed by atoms with Gasteiger partial charge in [0.25, 0.3) is 0 Å². The average molecular weight is 342 g/mol. The third-order valence-electron chi connectivity index (χ3n) is 4.89. The molecule has 24 heavy (non-hydrogen) atoms. The molecule has 0 aromatic carbocycles. The van der Waals surface area contributed by atoms with Crippen molar-refractivity contribution in [3.63, 3.8) is 0 Å². The number of rotatable bonds is 3. The van der Waals surface area contributed by atoms with Crippen molar-refractivity contribution in [3.8, 4) is 0 Å². The Labute approximate surface area is 136 Å². The standard InChI is InChI=1S/C16H17F3N2O3/c17-16(18,19)10-3-4-20-11(6-10)7-14(22)21-8-9-1-2-13(21)12(5-9)15(23)24/h3-4,6,9,12-13H,1-2,5,7-8H2,(H,23,24)/t9-,12-,13+/m1/s1. The van der Waals surface area contributed by atoms with E-state index in [-0.39, 0.29) is 30.0 Å². The van der Waals surface area contributed by atoms with Gasteiger partial charge in [-0.3, -0.25) is 14.6 Å². The molecule has 4 rings (SSSR count). The molecule has 2 saturated heterocycles. The second kappa shape index (κ2) is 6.07. The fourth-order valence-corrected chi connectivity index (χ4v) is 3.75. The monoisotopic (exact) mass is 342 g/mol. The molecule has 3 aliphatic rings. The maximum absolute atomic E-state index is 12.7. The first-order valence-corrected chi connectivity index (χ1v) is 7.80. The van der Waals surface area contributed by atoms with E-state index in [4.69, 9.17) is 0 Å². The first-order chi connectivity index (χ1) is 11.3. The van der Waals surface area contributed by atoms with Crippen molar-refractivity contribution >= 4 is 11.9 Å². The predicted octanol–water partition coefficient (Wildman–Crippen LogP) is 2.35. The highest BCUT2D eigenvalue weighted by atomic mass is 19.4. The van der Waals surface area contributed by atoms with Crippen LogP contribution in [0.3, 0.4) is 0 Å². The summed E-state index contributed by atoms with van der Waals surface area (Å²) in [4.78, 5) is 29.2. The van der Waals surface area contributed by atoms with Gasteiger partial charge in [-0.25, -0.2) is 0 Å². The van der Waals surface area contributed by atoms with Gasteiger partial charge in [-0.05, 0) is 37.3 Å². The van der Waals surface area contributed by atoms with Crippen LogP contribution in [0.15, 0.2) is 18.3 Å². The summed E-state index contributed by atoms with van der Waals surface area (Å²) in [7, 11) is 0. The lowest BCUT2D eigenvalue weighted by molar-refractivity contribution is -0.155. The van der Waals surface area contributed by atoms with Gasteiger partial charge in [0.1, 0.15) is 0 Å². The van der Waals surface area contributed by atoms with Gasteiger partial charge in [-0.1, -0.05) is 0 Å². The minimum atomic E-state index is -4.49. The van der Waals surface area contributed by atoms with Gasteiger partial charge in [0.15, 0.2) is 0 Å². The van der Waals surface area contributed by atoms with Gasteiger partial charge in [0.2, 0.25) is 5.91 Å². The first-order valence-electron chi connectivity index (χ1n) is 7.80. The van der Waals surface area contributed by atoms with Gasteiger partial charge in [-0.2, -0.15) is 13.2 Å². The van der Waals surface area contributed by atoms with Gasteiger partial charge < -0.3 is 10.0 Å². The Bertz CT molecular complexity index is 662.